The van der Waals surface area contributed by atoms with Gasteiger partial charge in [-0.3, -0.25) is 4.79 Å². The van der Waals surface area contributed by atoms with Crippen molar-refractivity contribution in [3.05, 3.63) is 68.1 Å². The standard InChI is InChI=1S/C16H13BrCl2N2OS/c17-14-4-2-1-3-12(14)9-23-10-16(22)21-20-8-11-5-6-13(18)7-15(11)19/h1-8H,9-10H2,(H,21,22). The number of rotatable bonds is 6. The van der Waals surface area contributed by atoms with Gasteiger partial charge in [0.1, 0.15) is 0 Å². The van der Waals surface area contributed by atoms with Gasteiger partial charge in [-0.25, -0.2) is 5.43 Å². The van der Waals surface area contributed by atoms with Gasteiger partial charge in [0, 0.05) is 20.8 Å². The molecular weight excluding hydrogens is 419 g/mol. The summed E-state index contributed by atoms with van der Waals surface area (Å²) in [6.45, 7) is 0. The molecule has 3 nitrogen and oxygen atoms in total. The van der Waals surface area contributed by atoms with Crippen LogP contribution in [0, 0.1) is 0 Å². The van der Waals surface area contributed by atoms with Crippen molar-refractivity contribution in [2.24, 2.45) is 5.10 Å². The molecule has 0 radical (unpaired) electrons. The number of amides is 1. The average molecular weight is 432 g/mol. The normalized spacial score (nSPS) is 10.9. The molecule has 7 heteroatoms. The van der Waals surface area contributed by atoms with Gasteiger partial charge >= 0.3 is 0 Å². The maximum Gasteiger partial charge on any atom is 0.250 e. The first-order valence-electron chi connectivity index (χ1n) is 6.64. The predicted molar refractivity (Wildman–Crippen MR) is 103 cm³/mol. The Hall–Kier alpha value is -1.01. The molecule has 0 saturated heterocycles. The fourth-order valence-electron chi connectivity index (χ4n) is 1.68. The average Bonchev–Trinajstić information content (AvgIpc) is 2.51. The second kappa shape index (κ2) is 9.33. The molecule has 0 unspecified atom stereocenters. The van der Waals surface area contributed by atoms with Crippen molar-refractivity contribution < 1.29 is 4.79 Å². The second-order valence-corrected chi connectivity index (χ2v) is 7.23. The summed E-state index contributed by atoms with van der Waals surface area (Å²) in [5.41, 5.74) is 4.33. The van der Waals surface area contributed by atoms with Crippen molar-refractivity contribution in [3.8, 4) is 0 Å². The Bertz CT molecular complexity index is 725. The largest absolute Gasteiger partial charge is 0.272 e. The molecule has 0 atom stereocenters. The van der Waals surface area contributed by atoms with Gasteiger partial charge in [0.25, 0.3) is 0 Å². The van der Waals surface area contributed by atoms with Gasteiger partial charge in [-0.2, -0.15) is 5.10 Å². The van der Waals surface area contributed by atoms with Crippen molar-refractivity contribution in [3.63, 3.8) is 0 Å². The molecule has 0 heterocycles. The fourth-order valence-corrected chi connectivity index (χ4v) is 3.57. The molecule has 1 amide bonds. The van der Waals surface area contributed by atoms with Crippen LogP contribution in [-0.4, -0.2) is 17.9 Å². The van der Waals surface area contributed by atoms with Gasteiger partial charge in [-0.15, -0.1) is 11.8 Å². The zero-order chi connectivity index (χ0) is 16.7. The Morgan fingerprint density at radius 1 is 1.26 bits per heavy atom. The SMILES string of the molecule is O=C(CSCc1ccccc1Br)NN=Cc1ccc(Cl)cc1Cl. The third-order valence-corrected chi connectivity index (χ3v) is 5.12. The lowest BCUT2D eigenvalue weighted by Crippen LogP contribution is -2.19. The lowest BCUT2D eigenvalue weighted by molar-refractivity contribution is -0.118. The van der Waals surface area contributed by atoms with Crippen LogP contribution >= 0.6 is 50.9 Å². The number of carbonyl (C=O) groups is 1. The highest BCUT2D eigenvalue weighted by Gasteiger charge is 2.03. The van der Waals surface area contributed by atoms with Crippen LogP contribution in [0.5, 0.6) is 0 Å². The maximum atomic E-state index is 11.7. The highest BCUT2D eigenvalue weighted by atomic mass is 79.9. The van der Waals surface area contributed by atoms with Crippen molar-refractivity contribution >= 4 is 63.0 Å². The van der Waals surface area contributed by atoms with Crippen LogP contribution in [0.15, 0.2) is 52.0 Å². The lowest BCUT2D eigenvalue weighted by atomic mass is 10.2. The van der Waals surface area contributed by atoms with Crippen LogP contribution in [0.3, 0.4) is 0 Å². The van der Waals surface area contributed by atoms with Crippen molar-refractivity contribution in [1.82, 2.24) is 5.43 Å². The molecule has 0 bridgehead atoms. The summed E-state index contributed by atoms with van der Waals surface area (Å²) in [4.78, 5) is 11.7. The molecule has 0 spiro atoms. The summed E-state index contributed by atoms with van der Waals surface area (Å²) in [6.07, 6.45) is 1.50. The van der Waals surface area contributed by atoms with E-state index in [1.807, 2.05) is 24.3 Å². The summed E-state index contributed by atoms with van der Waals surface area (Å²) in [5.74, 6) is 0.914. The van der Waals surface area contributed by atoms with E-state index in [9.17, 15) is 4.79 Å². The van der Waals surface area contributed by atoms with E-state index in [0.29, 0.717) is 21.4 Å². The van der Waals surface area contributed by atoms with Crippen molar-refractivity contribution in [1.29, 1.82) is 0 Å². The van der Waals surface area contributed by atoms with Gasteiger partial charge in [-0.1, -0.05) is 63.4 Å². The Morgan fingerprint density at radius 2 is 2.04 bits per heavy atom. The predicted octanol–water partition coefficient (Wildman–Crippen LogP) is 5.14. The van der Waals surface area contributed by atoms with Gasteiger partial charge in [0.2, 0.25) is 5.91 Å². The zero-order valence-corrected chi connectivity index (χ0v) is 15.8. The summed E-state index contributed by atoms with van der Waals surface area (Å²) in [5, 5.41) is 4.94. The lowest BCUT2D eigenvalue weighted by Gasteiger charge is -2.04. The molecule has 2 aromatic rings. The first kappa shape index (κ1) is 18.3. The Kier molecular flexibility index (Phi) is 7.43. The topological polar surface area (TPSA) is 41.5 Å². The minimum Gasteiger partial charge on any atom is -0.272 e. The Balaban J connectivity index is 1.77. The number of carbonyl (C=O) groups excluding carboxylic acids is 1. The number of nitrogens with one attached hydrogen (secondary N) is 1. The second-order valence-electron chi connectivity index (χ2n) is 4.54. The van der Waals surface area contributed by atoms with E-state index in [-0.39, 0.29) is 5.91 Å². The number of nitrogens with zero attached hydrogens (tertiary/aromatic N) is 1. The monoisotopic (exact) mass is 430 g/mol. The summed E-state index contributed by atoms with van der Waals surface area (Å²) < 4.78 is 1.04. The molecule has 2 aromatic carbocycles. The third-order valence-electron chi connectivity index (χ3n) is 2.80. The van der Waals surface area contributed by atoms with E-state index in [2.05, 4.69) is 26.5 Å². The molecule has 2 rings (SSSR count). The molecule has 0 aliphatic carbocycles. The molecule has 0 fully saturated rings. The van der Waals surface area contributed by atoms with Crippen LogP contribution in [0.25, 0.3) is 0 Å². The smallest absolute Gasteiger partial charge is 0.250 e. The molecule has 1 N–H and O–H groups in total. The first-order valence-corrected chi connectivity index (χ1v) is 9.35. The quantitative estimate of drug-likeness (QED) is 0.508. The highest BCUT2D eigenvalue weighted by Crippen LogP contribution is 2.21. The van der Waals surface area contributed by atoms with Gasteiger partial charge in [-0.05, 0) is 23.8 Å². The Labute approximate surface area is 157 Å². The number of benzene rings is 2. The highest BCUT2D eigenvalue weighted by molar-refractivity contribution is 9.10. The van der Waals surface area contributed by atoms with Crippen LogP contribution in [-0.2, 0) is 10.5 Å². The maximum absolute atomic E-state index is 11.7. The summed E-state index contributed by atoms with van der Waals surface area (Å²) in [6, 6.07) is 13.0. The minimum atomic E-state index is -0.164. The number of hydrogen-bond donors (Lipinski definition) is 1. The number of halogens is 3. The van der Waals surface area contributed by atoms with E-state index < -0.39 is 0 Å². The van der Waals surface area contributed by atoms with Crippen LogP contribution < -0.4 is 5.43 Å². The number of hydrogen-bond acceptors (Lipinski definition) is 3. The summed E-state index contributed by atoms with van der Waals surface area (Å²) >= 11 is 16.8. The number of hydrazone groups is 1. The van der Waals surface area contributed by atoms with Crippen LogP contribution in [0.4, 0.5) is 0 Å². The molecule has 23 heavy (non-hydrogen) atoms. The Morgan fingerprint density at radius 3 is 2.78 bits per heavy atom. The molecular formula is C16H13BrCl2N2OS. The molecule has 0 aromatic heterocycles. The van der Waals surface area contributed by atoms with Crippen LogP contribution in [0.1, 0.15) is 11.1 Å². The van der Waals surface area contributed by atoms with E-state index in [4.69, 9.17) is 23.2 Å². The molecule has 120 valence electrons. The minimum absolute atomic E-state index is 0.164. The van der Waals surface area contributed by atoms with Crippen molar-refractivity contribution in [2.45, 2.75) is 5.75 Å². The van der Waals surface area contributed by atoms with Gasteiger partial charge in [0.15, 0.2) is 0 Å². The summed E-state index contributed by atoms with van der Waals surface area (Å²) in [7, 11) is 0. The van der Waals surface area contributed by atoms with E-state index >= 15 is 0 Å². The fraction of sp³-hybridized carbons (Fsp3) is 0.125. The van der Waals surface area contributed by atoms with Gasteiger partial charge in [0.05, 0.1) is 17.0 Å². The zero-order valence-electron chi connectivity index (χ0n) is 11.9. The third kappa shape index (κ3) is 6.18. The van der Waals surface area contributed by atoms with Crippen LogP contribution in [0.2, 0.25) is 10.0 Å². The molecule has 0 aliphatic rings. The van der Waals surface area contributed by atoms with E-state index in [1.54, 1.807) is 18.2 Å². The van der Waals surface area contributed by atoms with E-state index in [0.717, 1.165) is 15.8 Å². The first-order chi connectivity index (χ1) is 11.1. The number of thioether (sulfide) groups is 1. The molecule has 0 saturated carbocycles. The molecule has 0 aliphatic heterocycles. The van der Waals surface area contributed by atoms with Crippen molar-refractivity contribution in [2.75, 3.05) is 5.75 Å². The van der Waals surface area contributed by atoms with E-state index in [1.165, 1.54) is 18.0 Å². The van der Waals surface area contributed by atoms with Gasteiger partial charge < -0.3 is 0 Å².